The molecule has 2 atom stereocenters. The molecule has 1 amide bonds. The number of rotatable bonds is 2. The van der Waals surface area contributed by atoms with E-state index in [1.54, 1.807) is 12.1 Å². The van der Waals surface area contributed by atoms with E-state index in [0.29, 0.717) is 5.58 Å². The molecule has 1 aromatic heterocycles. The Hall–Kier alpha value is -2.34. The van der Waals surface area contributed by atoms with Crippen molar-refractivity contribution in [3.8, 4) is 0 Å². The second kappa shape index (κ2) is 4.89. The first kappa shape index (κ1) is 13.6. The Balaban J connectivity index is 1.94. The number of hydrogen-bond donors (Lipinski definition) is 2. The number of β-amino-alcohol motifs (C(OH)–C–C–N with tert-alkyl or cyclic N) is 1. The van der Waals surface area contributed by atoms with Gasteiger partial charge in [-0.3, -0.25) is 4.79 Å². The minimum atomic E-state index is -1.12. The van der Waals surface area contributed by atoms with Crippen LogP contribution in [0.15, 0.2) is 28.7 Å². The van der Waals surface area contributed by atoms with Crippen LogP contribution in [0.3, 0.4) is 0 Å². The number of nitrogens with zero attached hydrogens (tertiary/aromatic N) is 1. The Kier molecular flexibility index (Phi) is 3.17. The van der Waals surface area contributed by atoms with Crippen molar-refractivity contribution in [2.24, 2.45) is 0 Å². The number of aliphatic carboxylic acids is 1. The summed E-state index contributed by atoms with van der Waals surface area (Å²) < 4.78 is 5.49. The topological polar surface area (TPSA) is 91.0 Å². The molecule has 1 saturated heterocycles. The fourth-order valence-corrected chi connectivity index (χ4v) is 2.68. The van der Waals surface area contributed by atoms with E-state index in [1.807, 2.05) is 19.1 Å². The van der Waals surface area contributed by atoms with Gasteiger partial charge in [-0.1, -0.05) is 11.6 Å². The molecular formula is C15H15NO5. The average Bonchev–Trinajstić information content (AvgIpc) is 3.00. The Morgan fingerprint density at radius 2 is 2.10 bits per heavy atom. The second-order valence-electron chi connectivity index (χ2n) is 5.35. The van der Waals surface area contributed by atoms with Gasteiger partial charge < -0.3 is 19.5 Å². The first-order chi connectivity index (χ1) is 9.95. The largest absolute Gasteiger partial charge is 0.480 e. The minimum absolute atomic E-state index is 0.00583. The van der Waals surface area contributed by atoms with Gasteiger partial charge in [0.05, 0.1) is 6.10 Å². The molecule has 1 fully saturated rings. The summed E-state index contributed by atoms with van der Waals surface area (Å²) in [4.78, 5) is 24.7. The van der Waals surface area contributed by atoms with Crippen LogP contribution in [0.4, 0.5) is 0 Å². The molecule has 1 aliphatic heterocycles. The number of carboxylic acid groups (broad SMARTS) is 1. The predicted molar refractivity (Wildman–Crippen MR) is 74.0 cm³/mol. The minimum Gasteiger partial charge on any atom is -0.480 e. The van der Waals surface area contributed by atoms with E-state index in [2.05, 4.69) is 0 Å². The van der Waals surface area contributed by atoms with E-state index in [9.17, 15) is 14.7 Å². The number of furan rings is 1. The molecule has 21 heavy (non-hydrogen) atoms. The third kappa shape index (κ3) is 2.38. The van der Waals surface area contributed by atoms with Crippen molar-refractivity contribution < 1.29 is 24.2 Å². The van der Waals surface area contributed by atoms with E-state index in [4.69, 9.17) is 9.52 Å². The zero-order chi connectivity index (χ0) is 15.1. The molecule has 3 rings (SSSR count). The normalized spacial score (nSPS) is 21.9. The third-order valence-electron chi connectivity index (χ3n) is 3.71. The molecule has 110 valence electrons. The van der Waals surface area contributed by atoms with Gasteiger partial charge in [0.2, 0.25) is 0 Å². The maximum atomic E-state index is 12.4. The van der Waals surface area contributed by atoms with Crippen molar-refractivity contribution >= 4 is 22.8 Å². The number of aliphatic hydroxyl groups is 1. The Morgan fingerprint density at radius 1 is 1.33 bits per heavy atom. The average molecular weight is 289 g/mol. The highest BCUT2D eigenvalue weighted by molar-refractivity contribution is 5.98. The van der Waals surface area contributed by atoms with Crippen molar-refractivity contribution in [2.45, 2.75) is 25.5 Å². The molecule has 2 N–H and O–H groups in total. The summed E-state index contributed by atoms with van der Waals surface area (Å²) in [5, 5.41) is 19.5. The molecule has 0 bridgehead atoms. The highest BCUT2D eigenvalue weighted by atomic mass is 16.4. The smallest absolute Gasteiger partial charge is 0.326 e. The van der Waals surface area contributed by atoms with Gasteiger partial charge in [-0.05, 0) is 25.1 Å². The van der Waals surface area contributed by atoms with Gasteiger partial charge in [-0.2, -0.15) is 0 Å². The maximum Gasteiger partial charge on any atom is 0.326 e. The molecule has 0 aliphatic carbocycles. The molecule has 6 heteroatoms. The SMILES string of the molecule is Cc1ccc2oc(C(=O)N3C[C@H](O)C[C@@H]3C(=O)O)cc2c1. The summed E-state index contributed by atoms with van der Waals surface area (Å²) in [7, 11) is 0. The lowest BCUT2D eigenvalue weighted by Crippen LogP contribution is -2.40. The van der Waals surface area contributed by atoms with Gasteiger partial charge in [-0.15, -0.1) is 0 Å². The van der Waals surface area contributed by atoms with Crippen molar-refractivity contribution in [1.29, 1.82) is 0 Å². The van der Waals surface area contributed by atoms with Gasteiger partial charge in [0, 0.05) is 18.4 Å². The molecule has 2 heterocycles. The molecule has 1 aromatic carbocycles. The number of carbonyl (C=O) groups excluding carboxylic acids is 1. The van der Waals surface area contributed by atoms with Crippen molar-refractivity contribution in [2.75, 3.05) is 6.54 Å². The number of aliphatic hydroxyl groups excluding tert-OH is 1. The fourth-order valence-electron chi connectivity index (χ4n) is 2.68. The molecule has 1 aliphatic rings. The number of fused-ring (bicyclic) bond motifs is 1. The second-order valence-corrected chi connectivity index (χ2v) is 5.35. The van der Waals surface area contributed by atoms with Crippen LogP contribution in [0.5, 0.6) is 0 Å². The number of hydrogen-bond acceptors (Lipinski definition) is 4. The molecule has 2 aromatic rings. The zero-order valence-electron chi connectivity index (χ0n) is 11.4. The van der Waals surface area contributed by atoms with Gasteiger partial charge in [0.25, 0.3) is 5.91 Å². The van der Waals surface area contributed by atoms with Crippen LogP contribution >= 0.6 is 0 Å². The molecule has 0 radical (unpaired) electrons. The van der Waals surface area contributed by atoms with Crippen molar-refractivity contribution in [1.82, 2.24) is 4.90 Å². The number of aryl methyl sites for hydroxylation is 1. The van der Waals surface area contributed by atoms with E-state index in [1.165, 1.54) is 0 Å². The summed E-state index contributed by atoms with van der Waals surface area (Å²) in [6, 6.07) is 6.13. The Labute approximate surface area is 120 Å². The van der Waals surface area contributed by atoms with Gasteiger partial charge in [0.1, 0.15) is 11.6 Å². The van der Waals surface area contributed by atoms with Crippen molar-refractivity contribution in [3.05, 3.63) is 35.6 Å². The van der Waals surface area contributed by atoms with E-state index in [-0.39, 0.29) is 18.7 Å². The quantitative estimate of drug-likeness (QED) is 0.872. The van der Waals surface area contributed by atoms with Crippen LogP contribution in [-0.2, 0) is 4.79 Å². The predicted octanol–water partition coefficient (Wildman–Crippen LogP) is 1.40. The Morgan fingerprint density at radius 3 is 2.81 bits per heavy atom. The standard InChI is InChI=1S/C15H15NO5/c1-8-2-3-12-9(4-8)5-13(21-12)14(18)16-7-10(17)6-11(16)15(19)20/h2-5,10-11,17H,6-7H2,1H3,(H,19,20)/t10-,11-/m1/s1. The highest BCUT2D eigenvalue weighted by Crippen LogP contribution is 2.25. The van der Waals surface area contributed by atoms with Crippen molar-refractivity contribution in [3.63, 3.8) is 0 Å². The van der Waals surface area contributed by atoms with Crippen LogP contribution in [0, 0.1) is 6.92 Å². The number of carboxylic acids is 1. The fraction of sp³-hybridized carbons (Fsp3) is 0.333. The number of benzene rings is 1. The Bertz CT molecular complexity index is 720. The van der Waals surface area contributed by atoms with Crippen LogP contribution in [0.2, 0.25) is 0 Å². The lowest BCUT2D eigenvalue weighted by molar-refractivity contribution is -0.141. The number of amides is 1. The summed E-state index contributed by atoms with van der Waals surface area (Å²) in [6.45, 7) is 1.94. The van der Waals surface area contributed by atoms with Crippen LogP contribution < -0.4 is 0 Å². The van der Waals surface area contributed by atoms with Gasteiger partial charge >= 0.3 is 5.97 Å². The third-order valence-corrected chi connectivity index (χ3v) is 3.71. The number of likely N-dealkylation sites (tertiary alicyclic amines) is 1. The summed E-state index contributed by atoms with van der Waals surface area (Å²) in [5.41, 5.74) is 1.62. The number of carbonyl (C=O) groups is 2. The molecule has 0 spiro atoms. The summed E-state index contributed by atoms with van der Waals surface area (Å²) in [5.74, 6) is -1.53. The lowest BCUT2D eigenvalue weighted by atomic mass is 10.2. The molecular weight excluding hydrogens is 274 g/mol. The van der Waals surface area contributed by atoms with E-state index < -0.39 is 24.0 Å². The summed E-state index contributed by atoms with van der Waals surface area (Å²) >= 11 is 0. The summed E-state index contributed by atoms with van der Waals surface area (Å²) in [6.07, 6.45) is -0.776. The first-order valence-corrected chi connectivity index (χ1v) is 6.68. The van der Waals surface area contributed by atoms with E-state index in [0.717, 1.165) is 15.8 Å². The highest BCUT2D eigenvalue weighted by Gasteiger charge is 2.40. The molecule has 6 nitrogen and oxygen atoms in total. The first-order valence-electron chi connectivity index (χ1n) is 6.68. The molecule has 0 saturated carbocycles. The van der Waals surface area contributed by atoms with Crippen LogP contribution in [0.25, 0.3) is 11.0 Å². The van der Waals surface area contributed by atoms with Gasteiger partial charge in [0.15, 0.2) is 5.76 Å². The van der Waals surface area contributed by atoms with Gasteiger partial charge in [-0.25, -0.2) is 4.79 Å². The van der Waals surface area contributed by atoms with E-state index >= 15 is 0 Å². The lowest BCUT2D eigenvalue weighted by Gasteiger charge is -2.19. The zero-order valence-corrected chi connectivity index (χ0v) is 11.4. The van der Waals surface area contributed by atoms with Crippen LogP contribution in [-0.4, -0.2) is 45.7 Å². The maximum absolute atomic E-state index is 12.4. The monoisotopic (exact) mass is 289 g/mol. The van der Waals surface area contributed by atoms with Crippen LogP contribution in [0.1, 0.15) is 22.5 Å². The molecule has 0 unspecified atom stereocenters.